The molecule has 0 aliphatic rings. The Morgan fingerprint density at radius 2 is 2.20 bits per heavy atom. The minimum absolute atomic E-state index is 0.329. The lowest BCUT2D eigenvalue weighted by molar-refractivity contribution is 0.406. The second-order valence-electron chi connectivity index (χ2n) is 3.83. The molecule has 0 aromatic heterocycles. The number of benzene rings is 1. The Labute approximate surface area is 91.6 Å². The molecule has 0 fully saturated rings. The van der Waals surface area contributed by atoms with E-state index in [-0.39, 0.29) is 0 Å². The van der Waals surface area contributed by atoms with Crippen molar-refractivity contribution in [1.82, 2.24) is 5.32 Å². The summed E-state index contributed by atoms with van der Waals surface area (Å²) in [5.41, 5.74) is 7.96. The summed E-state index contributed by atoms with van der Waals surface area (Å²) in [7, 11) is 1.69. The van der Waals surface area contributed by atoms with Gasteiger partial charge in [-0.25, -0.2) is 0 Å². The van der Waals surface area contributed by atoms with Gasteiger partial charge in [0.25, 0.3) is 0 Å². The Morgan fingerprint density at radius 3 is 2.80 bits per heavy atom. The first-order valence-corrected chi connectivity index (χ1v) is 5.24. The summed E-state index contributed by atoms with van der Waals surface area (Å²) in [6.45, 7) is 5.59. The van der Waals surface area contributed by atoms with Crippen molar-refractivity contribution in [2.24, 2.45) is 5.73 Å². The minimum Gasteiger partial charge on any atom is -0.496 e. The molecule has 3 nitrogen and oxygen atoms in total. The van der Waals surface area contributed by atoms with E-state index in [9.17, 15) is 0 Å². The van der Waals surface area contributed by atoms with Gasteiger partial charge in [-0.05, 0) is 19.9 Å². The maximum absolute atomic E-state index is 5.54. The standard InChI is InChI=1S/C12H20N2O/c1-9-4-5-12(15-3)11(6-9)8-14-10(2)7-13/h4-6,10,14H,7-8,13H2,1-3H3. The molecule has 84 valence electrons. The number of nitrogens with one attached hydrogen (secondary N) is 1. The van der Waals surface area contributed by atoms with Crippen LogP contribution in [0.2, 0.25) is 0 Å². The van der Waals surface area contributed by atoms with E-state index < -0.39 is 0 Å². The Hall–Kier alpha value is -1.06. The summed E-state index contributed by atoms with van der Waals surface area (Å²) in [4.78, 5) is 0. The van der Waals surface area contributed by atoms with Crippen molar-refractivity contribution in [2.75, 3.05) is 13.7 Å². The second kappa shape index (κ2) is 5.73. The van der Waals surface area contributed by atoms with Crippen LogP contribution in [0.25, 0.3) is 0 Å². The minimum atomic E-state index is 0.329. The van der Waals surface area contributed by atoms with Gasteiger partial charge in [-0.1, -0.05) is 17.7 Å². The summed E-state index contributed by atoms with van der Waals surface area (Å²) in [5, 5.41) is 3.35. The van der Waals surface area contributed by atoms with Crippen LogP contribution < -0.4 is 15.8 Å². The highest BCUT2D eigenvalue weighted by molar-refractivity contribution is 5.36. The molecule has 0 aliphatic heterocycles. The molecule has 1 aromatic rings. The van der Waals surface area contributed by atoms with E-state index in [1.807, 2.05) is 6.07 Å². The van der Waals surface area contributed by atoms with E-state index in [1.165, 1.54) is 11.1 Å². The maximum atomic E-state index is 5.54. The Balaban J connectivity index is 2.69. The molecule has 0 spiro atoms. The maximum Gasteiger partial charge on any atom is 0.123 e. The average Bonchev–Trinajstić information content (AvgIpc) is 2.26. The number of rotatable bonds is 5. The van der Waals surface area contributed by atoms with Crippen molar-refractivity contribution < 1.29 is 4.74 Å². The van der Waals surface area contributed by atoms with Gasteiger partial charge in [-0.15, -0.1) is 0 Å². The van der Waals surface area contributed by atoms with Crippen molar-refractivity contribution in [3.8, 4) is 5.75 Å². The smallest absolute Gasteiger partial charge is 0.123 e. The van der Waals surface area contributed by atoms with Crippen molar-refractivity contribution in [3.05, 3.63) is 29.3 Å². The third-order valence-electron chi connectivity index (χ3n) is 2.43. The zero-order valence-corrected chi connectivity index (χ0v) is 9.71. The fourth-order valence-corrected chi connectivity index (χ4v) is 1.41. The Morgan fingerprint density at radius 1 is 1.47 bits per heavy atom. The molecule has 15 heavy (non-hydrogen) atoms. The van der Waals surface area contributed by atoms with Gasteiger partial charge < -0.3 is 15.8 Å². The average molecular weight is 208 g/mol. The van der Waals surface area contributed by atoms with Gasteiger partial charge >= 0.3 is 0 Å². The van der Waals surface area contributed by atoms with Crippen molar-refractivity contribution in [2.45, 2.75) is 26.4 Å². The predicted octanol–water partition coefficient (Wildman–Crippen LogP) is 1.44. The van der Waals surface area contributed by atoms with Crippen LogP contribution in [-0.4, -0.2) is 19.7 Å². The molecule has 0 radical (unpaired) electrons. The highest BCUT2D eigenvalue weighted by Gasteiger charge is 2.04. The molecule has 1 rings (SSSR count). The first kappa shape index (κ1) is 12.0. The molecular weight excluding hydrogens is 188 g/mol. The zero-order valence-electron chi connectivity index (χ0n) is 9.71. The number of aryl methyl sites for hydroxylation is 1. The summed E-state index contributed by atoms with van der Waals surface area (Å²) in [6.07, 6.45) is 0. The van der Waals surface area contributed by atoms with E-state index in [1.54, 1.807) is 7.11 Å². The van der Waals surface area contributed by atoms with Crippen LogP contribution in [0.4, 0.5) is 0 Å². The van der Waals surface area contributed by atoms with Gasteiger partial charge in [-0.3, -0.25) is 0 Å². The van der Waals surface area contributed by atoms with Gasteiger partial charge in [0.1, 0.15) is 5.75 Å². The SMILES string of the molecule is COc1ccc(C)cc1CNC(C)CN. The quantitative estimate of drug-likeness (QED) is 0.769. The number of nitrogens with two attached hydrogens (primary N) is 1. The van der Waals surface area contributed by atoms with Crippen LogP contribution in [0, 0.1) is 6.92 Å². The third kappa shape index (κ3) is 3.53. The second-order valence-corrected chi connectivity index (χ2v) is 3.83. The number of methoxy groups -OCH3 is 1. The normalized spacial score (nSPS) is 12.5. The molecular formula is C12H20N2O. The van der Waals surface area contributed by atoms with E-state index in [0.29, 0.717) is 12.6 Å². The van der Waals surface area contributed by atoms with Crippen molar-refractivity contribution in [3.63, 3.8) is 0 Å². The lowest BCUT2D eigenvalue weighted by Crippen LogP contribution is -2.32. The van der Waals surface area contributed by atoms with E-state index in [2.05, 4.69) is 31.3 Å². The van der Waals surface area contributed by atoms with Crippen molar-refractivity contribution in [1.29, 1.82) is 0 Å². The van der Waals surface area contributed by atoms with Gasteiger partial charge in [0, 0.05) is 24.7 Å². The summed E-state index contributed by atoms with van der Waals surface area (Å²) in [5.74, 6) is 0.928. The fourth-order valence-electron chi connectivity index (χ4n) is 1.41. The van der Waals surface area contributed by atoms with Gasteiger partial charge in [-0.2, -0.15) is 0 Å². The fraction of sp³-hybridized carbons (Fsp3) is 0.500. The molecule has 0 saturated carbocycles. The lowest BCUT2D eigenvalue weighted by atomic mass is 10.1. The number of hydrogen-bond acceptors (Lipinski definition) is 3. The number of ether oxygens (including phenoxy) is 1. The van der Waals surface area contributed by atoms with Crippen molar-refractivity contribution >= 4 is 0 Å². The summed E-state index contributed by atoms with van der Waals surface area (Å²) >= 11 is 0. The zero-order chi connectivity index (χ0) is 11.3. The third-order valence-corrected chi connectivity index (χ3v) is 2.43. The molecule has 0 amide bonds. The summed E-state index contributed by atoms with van der Waals surface area (Å²) < 4.78 is 5.30. The van der Waals surface area contributed by atoms with Gasteiger partial charge in [0.2, 0.25) is 0 Å². The topological polar surface area (TPSA) is 47.3 Å². The largest absolute Gasteiger partial charge is 0.496 e. The Kier molecular flexibility index (Phi) is 4.59. The molecule has 1 atom stereocenters. The van der Waals surface area contributed by atoms with Crippen LogP contribution >= 0.6 is 0 Å². The molecule has 0 aliphatic carbocycles. The van der Waals surface area contributed by atoms with Crippen LogP contribution in [0.1, 0.15) is 18.1 Å². The van der Waals surface area contributed by atoms with E-state index in [4.69, 9.17) is 10.5 Å². The molecule has 3 N–H and O–H groups in total. The van der Waals surface area contributed by atoms with Crippen LogP contribution in [0.3, 0.4) is 0 Å². The summed E-state index contributed by atoms with van der Waals surface area (Å²) in [6, 6.07) is 6.51. The predicted molar refractivity (Wildman–Crippen MR) is 63.1 cm³/mol. The number of hydrogen-bond donors (Lipinski definition) is 2. The monoisotopic (exact) mass is 208 g/mol. The molecule has 3 heteroatoms. The van der Waals surface area contributed by atoms with E-state index in [0.717, 1.165) is 12.3 Å². The molecule has 1 aromatic carbocycles. The molecule has 0 bridgehead atoms. The van der Waals surface area contributed by atoms with Gasteiger partial charge in [0.05, 0.1) is 7.11 Å². The van der Waals surface area contributed by atoms with Gasteiger partial charge in [0.15, 0.2) is 0 Å². The first-order chi connectivity index (χ1) is 7.17. The van der Waals surface area contributed by atoms with Crippen LogP contribution in [0.15, 0.2) is 18.2 Å². The molecule has 1 unspecified atom stereocenters. The highest BCUT2D eigenvalue weighted by Crippen LogP contribution is 2.19. The Bertz CT molecular complexity index is 312. The molecule has 0 heterocycles. The molecule has 0 saturated heterocycles. The van der Waals surface area contributed by atoms with Crippen LogP contribution in [0.5, 0.6) is 5.75 Å². The van der Waals surface area contributed by atoms with E-state index >= 15 is 0 Å². The first-order valence-electron chi connectivity index (χ1n) is 5.24. The highest BCUT2D eigenvalue weighted by atomic mass is 16.5. The lowest BCUT2D eigenvalue weighted by Gasteiger charge is -2.14. The van der Waals surface area contributed by atoms with Crippen LogP contribution in [-0.2, 0) is 6.54 Å².